The van der Waals surface area contributed by atoms with Crippen LogP contribution in [0, 0.1) is 5.92 Å². The van der Waals surface area contributed by atoms with E-state index in [1.54, 1.807) is 0 Å². The second kappa shape index (κ2) is 6.14. The van der Waals surface area contributed by atoms with Gasteiger partial charge in [-0.05, 0) is 20.5 Å². The van der Waals surface area contributed by atoms with Crippen LogP contribution >= 0.6 is 0 Å². The lowest BCUT2D eigenvalue weighted by Gasteiger charge is -2.40. The second-order valence-corrected chi connectivity index (χ2v) is 5.57. The van der Waals surface area contributed by atoms with E-state index in [2.05, 4.69) is 36.0 Å². The summed E-state index contributed by atoms with van der Waals surface area (Å²) in [7, 11) is 2.22. The Morgan fingerprint density at radius 1 is 1.29 bits per heavy atom. The normalized spacial score (nSPS) is 36.5. The maximum atomic E-state index is 5.62. The van der Waals surface area contributed by atoms with Crippen LogP contribution in [0.5, 0.6) is 0 Å². The Kier molecular flexibility index (Phi) is 4.79. The largest absolute Gasteiger partial charge is 0.379 e. The SMILES string of the molecule is CCNC1COCC1CN1CCN(C)CC1C. The maximum Gasteiger partial charge on any atom is 0.0623 e. The third-order valence-corrected chi connectivity index (χ3v) is 4.10. The van der Waals surface area contributed by atoms with Crippen molar-refractivity contribution in [1.29, 1.82) is 0 Å². The number of nitrogens with one attached hydrogen (secondary N) is 1. The molecule has 0 aromatic heterocycles. The monoisotopic (exact) mass is 241 g/mol. The maximum absolute atomic E-state index is 5.62. The lowest BCUT2D eigenvalue weighted by atomic mass is 10.0. The number of likely N-dealkylation sites (N-methyl/N-ethyl adjacent to an activating group) is 2. The predicted octanol–water partition coefficient (Wildman–Crippen LogP) is 0.247. The van der Waals surface area contributed by atoms with Gasteiger partial charge in [-0.3, -0.25) is 4.90 Å². The topological polar surface area (TPSA) is 27.7 Å². The van der Waals surface area contributed by atoms with Gasteiger partial charge in [0, 0.05) is 44.2 Å². The van der Waals surface area contributed by atoms with E-state index in [9.17, 15) is 0 Å². The van der Waals surface area contributed by atoms with Crippen molar-refractivity contribution in [2.24, 2.45) is 5.92 Å². The van der Waals surface area contributed by atoms with Gasteiger partial charge in [0.25, 0.3) is 0 Å². The van der Waals surface area contributed by atoms with Crippen molar-refractivity contribution >= 4 is 0 Å². The Balaban J connectivity index is 1.83. The first-order chi connectivity index (χ1) is 8.20. The molecule has 0 radical (unpaired) electrons. The van der Waals surface area contributed by atoms with Crippen LogP contribution in [0.3, 0.4) is 0 Å². The van der Waals surface area contributed by atoms with E-state index >= 15 is 0 Å². The predicted molar refractivity (Wildman–Crippen MR) is 70.3 cm³/mol. The minimum Gasteiger partial charge on any atom is -0.379 e. The molecule has 0 aromatic rings. The zero-order valence-electron chi connectivity index (χ0n) is 11.5. The molecule has 0 aliphatic carbocycles. The molecule has 0 saturated carbocycles. The summed E-state index contributed by atoms with van der Waals surface area (Å²) in [5.74, 6) is 0.667. The number of ether oxygens (including phenoxy) is 1. The molecular formula is C13H27N3O. The molecule has 0 amide bonds. The first kappa shape index (κ1) is 13.3. The van der Waals surface area contributed by atoms with Crippen LogP contribution in [-0.2, 0) is 4.74 Å². The number of piperazine rings is 1. The number of hydrogen-bond donors (Lipinski definition) is 1. The first-order valence-corrected chi connectivity index (χ1v) is 6.94. The summed E-state index contributed by atoms with van der Waals surface area (Å²) in [5.41, 5.74) is 0. The Hall–Kier alpha value is -0.160. The molecule has 0 aromatic carbocycles. The van der Waals surface area contributed by atoms with Crippen molar-refractivity contribution in [2.75, 3.05) is 53.0 Å². The molecule has 3 unspecified atom stereocenters. The van der Waals surface area contributed by atoms with Crippen molar-refractivity contribution in [3.63, 3.8) is 0 Å². The van der Waals surface area contributed by atoms with Crippen molar-refractivity contribution < 1.29 is 4.74 Å². The summed E-state index contributed by atoms with van der Waals surface area (Å²) in [4.78, 5) is 5.05. The number of nitrogens with zero attached hydrogens (tertiary/aromatic N) is 2. The summed E-state index contributed by atoms with van der Waals surface area (Å²) in [6, 6.07) is 1.24. The molecule has 4 nitrogen and oxygen atoms in total. The van der Waals surface area contributed by atoms with E-state index in [4.69, 9.17) is 4.74 Å². The molecule has 4 heteroatoms. The van der Waals surface area contributed by atoms with Gasteiger partial charge in [0.05, 0.1) is 13.2 Å². The van der Waals surface area contributed by atoms with Crippen LogP contribution in [0.2, 0.25) is 0 Å². The molecule has 1 N–H and O–H groups in total. The van der Waals surface area contributed by atoms with Gasteiger partial charge in [-0.25, -0.2) is 0 Å². The summed E-state index contributed by atoms with van der Waals surface area (Å²) in [6.45, 7) is 12.2. The zero-order valence-corrected chi connectivity index (χ0v) is 11.5. The average Bonchev–Trinajstić information content (AvgIpc) is 2.71. The molecule has 17 heavy (non-hydrogen) atoms. The minimum atomic E-state index is 0.562. The fourth-order valence-corrected chi connectivity index (χ4v) is 3.02. The molecule has 3 atom stereocenters. The van der Waals surface area contributed by atoms with E-state index < -0.39 is 0 Å². The Morgan fingerprint density at radius 3 is 2.82 bits per heavy atom. The molecule has 0 spiro atoms. The average molecular weight is 241 g/mol. The standard InChI is InChI=1S/C13H27N3O/c1-4-14-13-10-17-9-12(13)8-16-6-5-15(3)7-11(16)2/h11-14H,4-10H2,1-3H3. The van der Waals surface area contributed by atoms with Gasteiger partial charge in [-0.1, -0.05) is 6.92 Å². The van der Waals surface area contributed by atoms with Crippen LogP contribution in [0.1, 0.15) is 13.8 Å². The van der Waals surface area contributed by atoms with Gasteiger partial charge in [-0.15, -0.1) is 0 Å². The second-order valence-electron chi connectivity index (χ2n) is 5.57. The third kappa shape index (κ3) is 3.41. The first-order valence-electron chi connectivity index (χ1n) is 6.94. The molecule has 2 fully saturated rings. The summed E-state index contributed by atoms with van der Waals surface area (Å²) in [5, 5.41) is 3.55. The highest BCUT2D eigenvalue weighted by Gasteiger charge is 2.31. The van der Waals surface area contributed by atoms with Crippen molar-refractivity contribution in [1.82, 2.24) is 15.1 Å². The van der Waals surface area contributed by atoms with Gasteiger partial charge < -0.3 is 15.0 Å². The summed E-state index contributed by atoms with van der Waals surface area (Å²) >= 11 is 0. The Morgan fingerprint density at radius 2 is 2.12 bits per heavy atom. The van der Waals surface area contributed by atoms with Crippen molar-refractivity contribution in [3.05, 3.63) is 0 Å². The number of hydrogen-bond acceptors (Lipinski definition) is 4. The molecule has 2 aliphatic heterocycles. The molecular weight excluding hydrogens is 214 g/mol. The van der Waals surface area contributed by atoms with Gasteiger partial charge in [-0.2, -0.15) is 0 Å². The van der Waals surface area contributed by atoms with E-state index in [1.165, 1.54) is 26.2 Å². The van der Waals surface area contributed by atoms with Gasteiger partial charge in [0.1, 0.15) is 0 Å². The minimum absolute atomic E-state index is 0.562. The van der Waals surface area contributed by atoms with E-state index in [0.29, 0.717) is 18.0 Å². The summed E-state index contributed by atoms with van der Waals surface area (Å²) in [6.07, 6.45) is 0. The highest BCUT2D eigenvalue weighted by Crippen LogP contribution is 2.18. The molecule has 2 rings (SSSR count). The van der Waals surface area contributed by atoms with E-state index in [-0.39, 0.29) is 0 Å². The van der Waals surface area contributed by atoms with Crippen LogP contribution in [-0.4, -0.2) is 74.9 Å². The highest BCUT2D eigenvalue weighted by molar-refractivity contribution is 4.86. The highest BCUT2D eigenvalue weighted by atomic mass is 16.5. The molecule has 2 saturated heterocycles. The van der Waals surface area contributed by atoms with E-state index in [0.717, 1.165) is 19.8 Å². The smallest absolute Gasteiger partial charge is 0.0623 e. The summed E-state index contributed by atoms with van der Waals surface area (Å²) < 4.78 is 5.62. The lowest BCUT2D eigenvalue weighted by molar-refractivity contribution is 0.0785. The molecule has 0 bridgehead atoms. The molecule has 2 heterocycles. The fourth-order valence-electron chi connectivity index (χ4n) is 3.02. The fraction of sp³-hybridized carbons (Fsp3) is 1.00. The van der Waals surface area contributed by atoms with Crippen molar-refractivity contribution in [3.8, 4) is 0 Å². The molecule has 100 valence electrons. The van der Waals surface area contributed by atoms with Crippen LogP contribution in [0.4, 0.5) is 0 Å². The van der Waals surface area contributed by atoms with Crippen LogP contribution in [0.15, 0.2) is 0 Å². The van der Waals surface area contributed by atoms with Gasteiger partial charge in [0.15, 0.2) is 0 Å². The van der Waals surface area contributed by atoms with Gasteiger partial charge in [0.2, 0.25) is 0 Å². The quantitative estimate of drug-likeness (QED) is 0.763. The third-order valence-electron chi connectivity index (χ3n) is 4.10. The van der Waals surface area contributed by atoms with Gasteiger partial charge >= 0.3 is 0 Å². The van der Waals surface area contributed by atoms with Crippen LogP contribution in [0.25, 0.3) is 0 Å². The Labute approximate surface area is 105 Å². The number of rotatable bonds is 4. The van der Waals surface area contributed by atoms with E-state index in [1.807, 2.05) is 0 Å². The Bertz CT molecular complexity index is 237. The van der Waals surface area contributed by atoms with Crippen molar-refractivity contribution in [2.45, 2.75) is 25.9 Å². The van der Waals surface area contributed by atoms with Crippen LogP contribution < -0.4 is 5.32 Å². The zero-order chi connectivity index (χ0) is 12.3. The lowest BCUT2D eigenvalue weighted by Crippen LogP contribution is -2.53. The molecule has 2 aliphatic rings.